The Hall–Kier alpha value is -1.00. The number of aromatic nitrogens is 4. The zero-order valence-electron chi connectivity index (χ0n) is 5.26. The second-order valence-electron chi connectivity index (χ2n) is 1.66. The Kier molecular flexibility index (Phi) is 2.51. The van der Waals surface area contributed by atoms with E-state index in [1.807, 2.05) is 0 Å². The largest absolute Gasteiger partial charge is 0.471 e. The first-order chi connectivity index (χ1) is 4.97. The van der Waals surface area contributed by atoms with Gasteiger partial charge in [-0.15, -0.1) is 5.10 Å². The minimum absolute atomic E-state index is 0. The summed E-state index contributed by atoms with van der Waals surface area (Å²) in [6, 6.07) is 0. The van der Waals surface area contributed by atoms with E-state index < -0.39 is 0 Å². The van der Waals surface area contributed by atoms with Crippen molar-refractivity contribution in [1.82, 2.24) is 20.2 Å². The maximum absolute atomic E-state index is 4.54. The molecule has 59 valence electrons. The topological polar surface area (TPSA) is 56.7 Å². The summed E-state index contributed by atoms with van der Waals surface area (Å²) < 4.78 is 6.05. The van der Waals surface area contributed by atoms with Crippen LogP contribution in [0, 0.1) is 6.20 Å². The third kappa shape index (κ3) is 1.53. The van der Waals surface area contributed by atoms with Crippen LogP contribution < -0.4 is 0 Å². The zero-order valence-corrected chi connectivity index (χ0v) is 7.66. The first-order valence-corrected chi connectivity index (χ1v) is 2.65. The Balaban J connectivity index is 0.000000605. The molecule has 2 aromatic heterocycles. The van der Waals surface area contributed by atoms with Gasteiger partial charge < -0.3 is 4.52 Å². The first-order valence-electron chi connectivity index (χ1n) is 2.65. The molecule has 0 N–H and O–H groups in total. The molecule has 0 aliphatic rings. The standard InChI is InChI=1S/C5H3N4O.Ir/c1-2-9(8-6-1)5-3-7-10-4-5;/h1-2,4H;/q-1;. The fourth-order valence-electron chi connectivity index (χ4n) is 0.618. The second-order valence-corrected chi connectivity index (χ2v) is 1.66. The Morgan fingerprint density at radius 2 is 2.45 bits per heavy atom. The average Bonchev–Trinajstić information content (AvgIpc) is 2.59. The molecule has 0 atom stereocenters. The van der Waals surface area contributed by atoms with Crippen molar-refractivity contribution in [3.05, 3.63) is 24.9 Å². The van der Waals surface area contributed by atoms with Gasteiger partial charge >= 0.3 is 0 Å². The molecule has 0 unspecified atom stereocenters. The van der Waals surface area contributed by atoms with Crippen LogP contribution in [0.1, 0.15) is 0 Å². The van der Waals surface area contributed by atoms with Crippen LogP contribution in [-0.4, -0.2) is 20.2 Å². The van der Waals surface area contributed by atoms with Crippen LogP contribution in [0.2, 0.25) is 0 Å². The molecule has 11 heavy (non-hydrogen) atoms. The van der Waals surface area contributed by atoms with Gasteiger partial charge in [0.15, 0.2) is 0 Å². The van der Waals surface area contributed by atoms with Crippen molar-refractivity contribution >= 4 is 0 Å². The van der Waals surface area contributed by atoms with Gasteiger partial charge in [-0.05, 0) is 12.0 Å². The summed E-state index contributed by atoms with van der Waals surface area (Å²) in [4.78, 5) is 0. The molecule has 0 spiro atoms. The van der Waals surface area contributed by atoms with E-state index in [0.717, 1.165) is 0 Å². The van der Waals surface area contributed by atoms with Crippen LogP contribution in [0.4, 0.5) is 0 Å². The Labute approximate surface area is 75.7 Å². The van der Waals surface area contributed by atoms with Gasteiger partial charge in [-0.3, -0.25) is 4.68 Å². The van der Waals surface area contributed by atoms with Crippen molar-refractivity contribution < 1.29 is 24.6 Å². The molecule has 0 amide bonds. The number of hydrogen-bond donors (Lipinski definition) is 0. The maximum Gasteiger partial charge on any atom is 0.0696 e. The Bertz CT molecular complexity index is 258. The maximum atomic E-state index is 4.54. The van der Waals surface area contributed by atoms with E-state index in [-0.39, 0.29) is 20.1 Å². The smallest absolute Gasteiger partial charge is 0.0696 e. The molecule has 0 saturated carbocycles. The van der Waals surface area contributed by atoms with Gasteiger partial charge in [-0.25, -0.2) is 5.16 Å². The van der Waals surface area contributed by atoms with Gasteiger partial charge in [0.05, 0.1) is 6.20 Å². The fourth-order valence-corrected chi connectivity index (χ4v) is 0.618. The third-order valence-corrected chi connectivity index (χ3v) is 1.05. The zero-order chi connectivity index (χ0) is 6.81. The molecule has 0 bridgehead atoms. The van der Waals surface area contributed by atoms with E-state index in [4.69, 9.17) is 0 Å². The summed E-state index contributed by atoms with van der Waals surface area (Å²) >= 11 is 0. The van der Waals surface area contributed by atoms with Gasteiger partial charge in [-0.1, -0.05) is 11.4 Å². The van der Waals surface area contributed by atoms with Crippen molar-refractivity contribution in [3.8, 4) is 5.69 Å². The van der Waals surface area contributed by atoms with Gasteiger partial charge in [-0.2, -0.15) is 0 Å². The SMILES string of the molecule is [Ir].[c-]1nocc1-n1ccnn1. The van der Waals surface area contributed by atoms with Gasteiger partial charge in [0, 0.05) is 26.3 Å². The molecule has 6 heteroatoms. The van der Waals surface area contributed by atoms with Crippen LogP contribution in [0.15, 0.2) is 23.2 Å². The quantitative estimate of drug-likeness (QED) is 0.695. The summed E-state index contributed by atoms with van der Waals surface area (Å²) in [6.45, 7) is 0. The van der Waals surface area contributed by atoms with Crippen molar-refractivity contribution in [2.75, 3.05) is 0 Å². The van der Waals surface area contributed by atoms with Crippen LogP contribution in [0.5, 0.6) is 0 Å². The minimum Gasteiger partial charge on any atom is -0.471 e. The normalized spacial score (nSPS) is 9.09. The molecule has 2 rings (SSSR count). The molecule has 2 aromatic rings. The van der Waals surface area contributed by atoms with Crippen molar-refractivity contribution in [2.24, 2.45) is 0 Å². The van der Waals surface area contributed by atoms with E-state index in [9.17, 15) is 0 Å². The Morgan fingerprint density at radius 1 is 1.55 bits per heavy atom. The van der Waals surface area contributed by atoms with Gasteiger partial charge in [0.1, 0.15) is 0 Å². The molecule has 0 fully saturated rings. The van der Waals surface area contributed by atoms with E-state index in [1.165, 1.54) is 10.9 Å². The monoisotopic (exact) mass is 328 g/mol. The number of rotatable bonds is 1. The van der Waals surface area contributed by atoms with E-state index in [0.29, 0.717) is 5.69 Å². The first kappa shape index (κ1) is 8.10. The molecule has 0 aromatic carbocycles. The third-order valence-electron chi connectivity index (χ3n) is 1.05. The number of nitrogens with zero attached hydrogens (tertiary/aromatic N) is 4. The summed E-state index contributed by atoms with van der Waals surface area (Å²) in [7, 11) is 0. The average molecular weight is 327 g/mol. The fraction of sp³-hybridized carbons (Fsp3) is 0. The molecule has 2 heterocycles. The summed E-state index contributed by atoms with van der Waals surface area (Å²) in [5, 5.41) is 10.7. The molecule has 1 radical (unpaired) electrons. The summed E-state index contributed by atoms with van der Waals surface area (Å²) in [5.74, 6) is 0. The molecule has 0 saturated heterocycles. The van der Waals surface area contributed by atoms with Crippen LogP contribution in [0.25, 0.3) is 5.69 Å². The molecular weight excluding hydrogens is 324 g/mol. The summed E-state index contributed by atoms with van der Waals surface area (Å²) in [5.41, 5.74) is 0.650. The van der Waals surface area contributed by atoms with Crippen LogP contribution in [0.3, 0.4) is 0 Å². The van der Waals surface area contributed by atoms with E-state index in [2.05, 4.69) is 26.2 Å². The predicted octanol–water partition coefficient (Wildman–Crippen LogP) is 0.0530. The Morgan fingerprint density at radius 3 is 3.00 bits per heavy atom. The molecule has 0 aliphatic heterocycles. The van der Waals surface area contributed by atoms with Crippen LogP contribution >= 0.6 is 0 Å². The van der Waals surface area contributed by atoms with Crippen LogP contribution in [-0.2, 0) is 20.1 Å². The van der Waals surface area contributed by atoms with Crippen molar-refractivity contribution in [3.63, 3.8) is 0 Å². The van der Waals surface area contributed by atoms with Crippen molar-refractivity contribution in [1.29, 1.82) is 0 Å². The molecular formula is C5H3IrN4O-. The second kappa shape index (κ2) is 3.41. The number of hydrogen-bond acceptors (Lipinski definition) is 4. The van der Waals surface area contributed by atoms with E-state index >= 15 is 0 Å². The molecule has 5 nitrogen and oxygen atoms in total. The van der Waals surface area contributed by atoms with E-state index in [1.54, 1.807) is 12.4 Å². The molecule has 0 aliphatic carbocycles. The predicted molar refractivity (Wildman–Crippen MR) is 30.3 cm³/mol. The van der Waals surface area contributed by atoms with Gasteiger partial charge in [0.25, 0.3) is 0 Å². The summed E-state index contributed by atoms with van der Waals surface area (Å²) in [6.07, 6.45) is 7.28. The van der Waals surface area contributed by atoms with Crippen molar-refractivity contribution in [2.45, 2.75) is 0 Å². The minimum atomic E-state index is 0. The van der Waals surface area contributed by atoms with Gasteiger partial charge in [0.2, 0.25) is 0 Å².